The molecule has 2 rings (SSSR count). The molecule has 21 heavy (non-hydrogen) atoms. The molecule has 0 aromatic heterocycles. The monoisotopic (exact) mass is 310 g/mol. The molecule has 116 valence electrons. The van der Waals surface area contributed by atoms with Crippen LogP contribution in [0, 0.1) is 0 Å². The van der Waals surface area contributed by atoms with Crippen molar-refractivity contribution in [3.8, 4) is 5.75 Å². The van der Waals surface area contributed by atoms with Crippen LogP contribution in [-0.2, 0) is 9.53 Å². The quantitative estimate of drug-likeness (QED) is 0.801. The summed E-state index contributed by atoms with van der Waals surface area (Å²) >= 11 is 1.50. The standard InChI is InChI=1S/C15H22N2O3S/c1-17-8-13(14(9-17)20-3)16-15(18)10-21-12-6-4-5-11(7-12)19-2/h4-7,13-14H,8-10H2,1-3H3,(H,16,18)/t13-,14-/m0/s1. The average Bonchev–Trinajstić information content (AvgIpc) is 2.85. The van der Waals surface area contributed by atoms with E-state index in [1.165, 1.54) is 11.8 Å². The molecule has 0 saturated carbocycles. The molecule has 5 nitrogen and oxygen atoms in total. The summed E-state index contributed by atoms with van der Waals surface area (Å²) < 4.78 is 10.6. The van der Waals surface area contributed by atoms with Gasteiger partial charge in [0.15, 0.2) is 0 Å². The van der Waals surface area contributed by atoms with Gasteiger partial charge in [-0.05, 0) is 25.2 Å². The van der Waals surface area contributed by atoms with Crippen LogP contribution < -0.4 is 10.1 Å². The first kappa shape index (κ1) is 16.1. The average molecular weight is 310 g/mol. The van der Waals surface area contributed by atoms with Crippen LogP contribution in [-0.4, -0.2) is 63.1 Å². The number of likely N-dealkylation sites (N-methyl/N-ethyl adjacent to an activating group) is 1. The third-order valence-corrected chi connectivity index (χ3v) is 4.50. The van der Waals surface area contributed by atoms with Gasteiger partial charge in [-0.1, -0.05) is 6.07 Å². The molecule has 0 radical (unpaired) electrons. The second-order valence-electron chi connectivity index (χ2n) is 5.14. The van der Waals surface area contributed by atoms with Crippen LogP contribution in [0.4, 0.5) is 0 Å². The summed E-state index contributed by atoms with van der Waals surface area (Å²) in [4.78, 5) is 15.2. The Morgan fingerprint density at radius 1 is 1.43 bits per heavy atom. The Morgan fingerprint density at radius 3 is 2.95 bits per heavy atom. The van der Waals surface area contributed by atoms with Crippen LogP contribution in [0.1, 0.15) is 0 Å². The van der Waals surface area contributed by atoms with Gasteiger partial charge >= 0.3 is 0 Å². The van der Waals surface area contributed by atoms with Gasteiger partial charge in [0, 0.05) is 25.1 Å². The highest BCUT2D eigenvalue weighted by molar-refractivity contribution is 8.00. The molecule has 1 heterocycles. The zero-order chi connectivity index (χ0) is 15.2. The summed E-state index contributed by atoms with van der Waals surface area (Å²) in [7, 11) is 5.36. The highest BCUT2D eigenvalue weighted by Gasteiger charge is 2.31. The van der Waals surface area contributed by atoms with Gasteiger partial charge in [0.2, 0.25) is 5.91 Å². The summed E-state index contributed by atoms with van der Waals surface area (Å²) in [5.74, 6) is 1.23. The van der Waals surface area contributed by atoms with Crippen molar-refractivity contribution in [1.29, 1.82) is 0 Å². The number of benzene rings is 1. The Hall–Kier alpha value is -1.24. The minimum Gasteiger partial charge on any atom is -0.497 e. The third kappa shape index (κ3) is 4.62. The van der Waals surface area contributed by atoms with E-state index in [1.807, 2.05) is 31.3 Å². The Balaban J connectivity index is 1.81. The number of nitrogens with one attached hydrogen (secondary N) is 1. The number of thioether (sulfide) groups is 1. The lowest BCUT2D eigenvalue weighted by Gasteiger charge is -2.18. The topological polar surface area (TPSA) is 50.8 Å². The highest BCUT2D eigenvalue weighted by atomic mass is 32.2. The minimum absolute atomic E-state index is 0.0326. The number of methoxy groups -OCH3 is 2. The summed E-state index contributed by atoms with van der Waals surface area (Å²) in [5, 5.41) is 3.05. The fourth-order valence-corrected chi connectivity index (χ4v) is 3.18. The summed E-state index contributed by atoms with van der Waals surface area (Å²) in [6.45, 7) is 1.68. The maximum atomic E-state index is 12.1. The van der Waals surface area contributed by atoms with E-state index < -0.39 is 0 Å². The predicted molar refractivity (Wildman–Crippen MR) is 83.9 cm³/mol. The van der Waals surface area contributed by atoms with E-state index in [4.69, 9.17) is 9.47 Å². The van der Waals surface area contributed by atoms with Gasteiger partial charge in [0.25, 0.3) is 0 Å². The van der Waals surface area contributed by atoms with Crippen LogP contribution in [0.15, 0.2) is 29.2 Å². The highest BCUT2D eigenvalue weighted by Crippen LogP contribution is 2.22. The molecule has 1 aromatic carbocycles. The Labute approximate surface area is 130 Å². The van der Waals surface area contributed by atoms with Crippen LogP contribution in [0.3, 0.4) is 0 Å². The van der Waals surface area contributed by atoms with Gasteiger partial charge < -0.3 is 19.7 Å². The lowest BCUT2D eigenvalue weighted by atomic mass is 10.2. The first-order chi connectivity index (χ1) is 10.1. The number of ether oxygens (including phenoxy) is 2. The van der Waals surface area contributed by atoms with Gasteiger partial charge in [-0.3, -0.25) is 4.79 Å². The van der Waals surface area contributed by atoms with Gasteiger partial charge in [0.1, 0.15) is 5.75 Å². The van der Waals surface area contributed by atoms with Crippen LogP contribution in [0.5, 0.6) is 5.75 Å². The number of likely N-dealkylation sites (tertiary alicyclic amines) is 1. The molecular weight excluding hydrogens is 288 g/mol. The van der Waals surface area contributed by atoms with Crippen molar-refractivity contribution in [3.63, 3.8) is 0 Å². The first-order valence-corrected chi connectivity index (χ1v) is 7.88. The smallest absolute Gasteiger partial charge is 0.230 e. The zero-order valence-corrected chi connectivity index (χ0v) is 13.5. The Bertz CT molecular complexity index is 484. The van der Waals surface area contributed by atoms with Gasteiger partial charge in [-0.2, -0.15) is 0 Å². The maximum absolute atomic E-state index is 12.1. The van der Waals surface area contributed by atoms with Crippen LogP contribution in [0.2, 0.25) is 0 Å². The fourth-order valence-electron chi connectivity index (χ4n) is 2.43. The third-order valence-electron chi connectivity index (χ3n) is 3.51. The number of hydrogen-bond acceptors (Lipinski definition) is 5. The van der Waals surface area contributed by atoms with Gasteiger partial charge in [0.05, 0.1) is 25.0 Å². The Morgan fingerprint density at radius 2 is 2.24 bits per heavy atom. The molecular formula is C15H22N2O3S. The largest absolute Gasteiger partial charge is 0.497 e. The molecule has 6 heteroatoms. The second-order valence-corrected chi connectivity index (χ2v) is 6.19. The summed E-state index contributed by atoms with van der Waals surface area (Å²) in [6, 6.07) is 7.78. The SMILES string of the molecule is COc1cccc(SCC(=O)N[C@H]2CN(C)C[C@@H]2OC)c1. The summed E-state index contributed by atoms with van der Waals surface area (Å²) in [5.41, 5.74) is 0. The minimum atomic E-state index is 0.0326. The van der Waals surface area contributed by atoms with E-state index in [0.717, 1.165) is 23.7 Å². The van der Waals surface area contributed by atoms with Gasteiger partial charge in [-0.25, -0.2) is 0 Å². The van der Waals surface area contributed by atoms with E-state index in [2.05, 4.69) is 10.2 Å². The molecule has 2 atom stereocenters. The number of hydrogen-bond donors (Lipinski definition) is 1. The molecule has 1 aromatic rings. The molecule has 1 amide bonds. The number of nitrogens with zero attached hydrogens (tertiary/aromatic N) is 1. The maximum Gasteiger partial charge on any atom is 0.230 e. The molecule has 1 saturated heterocycles. The van der Waals surface area contributed by atoms with Crippen molar-refractivity contribution in [2.45, 2.75) is 17.0 Å². The molecule has 0 unspecified atom stereocenters. The molecule has 0 aliphatic carbocycles. The molecule has 1 fully saturated rings. The Kier molecular flexibility index (Phi) is 5.90. The number of carbonyl (C=O) groups is 1. The lowest BCUT2D eigenvalue weighted by Crippen LogP contribution is -2.44. The lowest BCUT2D eigenvalue weighted by molar-refractivity contribution is -0.119. The number of amides is 1. The van der Waals surface area contributed by atoms with Crippen molar-refractivity contribution < 1.29 is 14.3 Å². The van der Waals surface area contributed by atoms with E-state index in [-0.39, 0.29) is 18.1 Å². The fraction of sp³-hybridized carbons (Fsp3) is 0.533. The van der Waals surface area contributed by atoms with E-state index in [9.17, 15) is 4.79 Å². The van der Waals surface area contributed by atoms with Crippen molar-refractivity contribution in [2.75, 3.05) is 40.1 Å². The molecule has 0 bridgehead atoms. The first-order valence-electron chi connectivity index (χ1n) is 6.90. The van der Waals surface area contributed by atoms with E-state index in [1.54, 1.807) is 14.2 Å². The molecule has 1 aliphatic heterocycles. The van der Waals surface area contributed by atoms with Crippen LogP contribution >= 0.6 is 11.8 Å². The molecule has 1 N–H and O–H groups in total. The van der Waals surface area contributed by atoms with E-state index in [0.29, 0.717) is 5.75 Å². The van der Waals surface area contributed by atoms with Crippen molar-refractivity contribution >= 4 is 17.7 Å². The van der Waals surface area contributed by atoms with Gasteiger partial charge in [-0.15, -0.1) is 11.8 Å². The van der Waals surface area contributed by atoms with E-state index >= 15 is 0 Å². The molecule has 1 aliphatic rings. The number of rotatable bonds is 6. The van der Waals surface area contributed by atoms with Crippen molar-refractivity contribution in [3.05, 3.63) is 24.3 Å². The normalized spacial score (nSPS) is 22.2. The predicted octanol–water partition coefficient (Wildman–Crippen LogP) is 1.23. The number of carbonyl (C=O) groups excluding carboxylic acids is 1. The van der Waals surface area contributed by atoms with Crippen LogP contribution in [0.25, 0.3) is 0 Å². The van der Waals surface area contributed by atoms with Crippen molar-refractivity contribution in [2.24, 2.45) is 0 Å². The molecule has 0 spiro atoms. The second kappa shape index (κ2) is 7.68. The van der Waals surface area contributed by atoms with Crippen molar-refractivity contribution in [1.82, 2.24) is 10.2 Å². The zero-order valence-electron chi connectivity index (χ0n) is 12.7. The summed E-state index contributed by atoms with van der Waals surface area (Å²) in [6.07, 6.45) is 0.0702.